The summed E-state index contributed by atoms with van der Waals surface area (Å²) in [7, 11) is 0. The molecule has 7 aromatic carbocycles. The molecule has 0 aliphatic heterocycles. The standard InChI is InChI=1S/C44H27N3/c1-4-13-28(14-5-1)43-38(27-45-44(46-43)29-15-6-2-7-16-29)30-23-24-39-37(25-30)42-35-22-12-21-34-32-19-10-11-20-33(32)36(41(34)35)26-40(42)47(39)31-17-8-3-9-18-31/h1-27H. The molecule has 218 valence electrons. The normalized spacial score (nSPS) is 11.8. The molecule has 0 N–H and O–H groups in total. The van der Waals surface area contributed by atoms with Crippen molar-refractivity contribution in [3.8, 4) is 61.7 Å². The maximum absolute atomic E-state index is 5.17. The van der Waals surface area contributed by atoms with Crippen LogP contribution in [0, 0.1) is 0 Å². The van der Waals surface area contributed by atoms with E-state index in [1.165, 1.54) is 54.8 Å². The molecule has 0 bridgehead atoms. The average molecular weight is 598 g/mol. The molecule has 0 radical (unpaired) electrons. The summed E-state index contributed by atoms with van der Waals surface area (Å²) in [5.74, 6) is 0.721. The molecule has 0 spiro atoms. The van der Waals surface area contributed by atoms with E-state index in [1.54, 1.807) is 0 Å². The van der Waals surface area contributed by atoms with Crippen molar-refractivity contribution in [2.45, 2.75) is 0 Å². The number of aromatic nitrogens is 3. The second kappa shape index (κ2) is 10.1. The lowest BCUT2D eigenvalue weighted by Crippen LogP contribution is -1.96. The SMILES string of the molecule is c1ccc(-c2ncc(-c3ccc4c(c3)c3c5cccc6c5c(cc3n4-c3ccccc3)-c3ccccc3-6)c(-c3ccccc3)n2)cc1. The van der Waals surface area contributed by atoms with Crippen LogP contribution in [0.4, 0.5) is 0 Å². The van der Waals surface area contributed by atoms with Crippen LogP contribution in [0.5, 0.6) is 0 Å². The number of rotatable bonds is 4. The van der Waals surface area contributed by atoms with E-state index in [1.807, 2.05) is 30.5 Å². The van der Waals surface area contributed by atoms with Gasteiger partial charge < -0.3 is 4.57 Å². The molecule has 3 heteroatoms. The fraction of sp³-hybridized carbons (Fsp3) is 0. The lowest BCUT2D eigenvalue weighted by Gasteiger charge is -2.12. The average Bonchev–Trinajstić information content (AvgIpc) is 3.66. The van der Waals surface area contributed by atoms with Crippen molar-refractivity contribution in [1.82, 2.24) is 14.5 Å². The number of hydrogen-bond donors (Lipinski definition) is 0. The van der Waals surface area contributed by atoms with Crippen molar-refractivity contribution in [3.05, 3.63) is 164 Å². The summed E-state index contributed by atoms with van der Waals surface area (Å²) >= 11 is 0. The lowest BCUT2D eigenvalue weighted by molar-refractivity contribution is 1.18. The molecule has 10 rings (SSSR count). The minimum absolute atomic E-state index is 0.721. The topological polar surface area (TPSA) is 30.7 Å². The summed E-state index contributed by atoms with van der Waals surface area (Å²) in [5.41, 5.74) is 13.8. The monoisotopic (exact) mass is 597 g/mol. The Morgan fingerprint density at radius 3 is 1.83 bits per heavy atom. The number of nitrogens with zero attached hydrogens (tertiary/aromatic N) is 3. The van der Waals surface area contributed by atoms with Gasteiger partial charge in [0.25, 0.3) is 0 Å². The van der Waals surface area contributed by atoms with Gasteiger partial charge in [0.2, 0.25) is 0 Å². The summed E-state index contributed by atoms with van der Waals surface area (Å²) in [5, 5.41) is 5.09. The van der Waals surface area contributed by atoms with E-state index in [0.29, 0.717) is 0 Å². The van der Waals surface area contributed by atoms with Crippen molar-refractivity contribution >= 4 is 32.6 Å². The van der Waals surface area contributed by atoms with Gasteiger partial charge in [-0.1, -0.05) is 127 Å². The summed E-state index contributed by atoms with van der Waals surface area (Å²) in [6.07, 6.45) is 1.99. The Morgan fingerprint density at radius 2 is 1.06 bits per heavy atom. The van der Waals surface area contributed by atoms with Crippen molar-refractivity contribution < 1.29 is 0 Å². The van der Waals surface area contributed by atoms with Gasteiger partial charge in [-0.3, -0.25) is 0 Å². The Hall–Kier alpha value is -6.32. The van der Waals surface area contributed by atoms with E-state index in [0.717, 1.165) is 39.5 Å². The van der Waals surface area contributed by atoms with Gasteiger partial charge in [0.1, 0.15) is 0 Å². The van der Waals surface area contributed by atoms with E-state index < -0.39 is 0 Å². The van der Waals surface area contributed by atoms with Gasteiger partial charge in [-0.15, -0.1) is 0 Å². The molecule has 1 aliphatic carbocycles. The summed E-state index contributed by atoms with van der Waals surface area (Å²) in [6, 6.07) is 56.2. The lowest BCUT2D eigenvalue weighted by atomic mass is 9.96. The maximum atomic E-state index is 5.17. The van der Waals surface area contributed by atoms with Crippen LogP contribution in [0.25, 0.3) is 94.3 Å². The summed E-state index contributed by atoms with van der Waals surface area (Å²) < 4.78 is 2.42. The van der Waals surface area contributed by atoms with Gasteiger partial charge in [0, 0.05) is 39.3 Å². The molecular formula is C44H27N3. The molecule has 0 fully saturated rings. The molecule has 47 heavy (non-hydrogen) atoms. The van der Waals surface area contributed by atoms with Crippen LogP contribution in [0.3, 0.4) is 0 Å². The van der Waals surface area contributed by atoms with Crippen LogP contribution in [-0.4, -0.2) is 14.5 Å². The molecule has 0 saturated carbocycles. The van der Waals surface area contributed by atoms with E-state index in [-0.39, 0.29) is 0 Å². The zero-order chi connectivity index (χ0) is 30.9. The van der Waals surface area contributed by atoms with Crippen LogP contribution >= 0.6 is 0 Å². The highest BCUT2D eigenvalue weighted by Crippen LogP contribution is 2.51. The maximum Gasteiger partial charge on any atom is 0.159 e. The highest BCUT2D eigenvalue weighted by atomic mass is 15.0. The second-order valence-electron chi connectivity index (χ2n) is 12.2. The molecule has 0 amide bonds. The van der Waals surface area contributed by atoms with Crippen LogP contribution in [0.15, 0.2) is 164 Å². The van der Waals surface area contributed by atoms with E-state index in [2.05, 4.69) is 138 Å². The third-order valence-electron chi connectivity index (χ3n) is 9.59. The zero-order valence-electron chi connectivity index (χ0n) is 25.4. The van der Waals surface area contributed by atoms with Gasteiger partial charge in [0.15, 0.2) is 5.82 Å². The summed E-state index contributed by atoms with van der Waals surface area (Å²) in [6.45, 7) is 0. The van der Waals surface area contributed by atoms with Crippen LogP contribution < -0.4 is 0 Å². The van der Waals surface area contributed by atoms with Gasteiger partial charge in [0.05, 0.1) is 16.7 Å². The highest BCUT2D eigenvalue weighted by Gasteiger charge is 2.25. The second-order valence-corrected chi connectivity index (χ2v) is 12.2. The Labute approximate surface area is 272 Å². The number of hydrogen-bond acceptors (Lipinski definition) is 2. The molecule has 0 atom stereocenters. The van der Waals surface area contributed by atoms with Gasteiger partial charge in [-0.2, -0.15) is 0 Å². The largest absolute Gasteiger partial charge is 0.309 e. The Kier molecular flexibility index (Phi) is 5.57. The third-order valence-corrected chi connectivity index (χ3v) is 9.59. The Morgan fingerprint density at radius 1 is 0.404 bits per heavy atom. The number of para-hydroxylation sites is 1. The van der Waals surface area contributed by atoms with Crippen molar-refractivity contribution in [3.63, 3.8) is 0 Å². The third kappa shape index (κ3) is 3.87. The number of benzene rings is 7. The first-order valence-electron chi connectivity index (χ1n) is 16.0. The highest BCUT2D eigenvalue weighted by molar-refractivity contribution is 6.29. The van der Waals surface area contributed by atoms with Crippen LogP contribution in [-0.2, 0) is 0 Å². The van der Waals surface area contributed by atoms with E-state index >= 15 is 0 Å². The first-order chi connectivity index (χ1) is 23.3. The van der Waals surface area contributed by atoms with E-state index in [4.69, 9.17) is 9.97 Å². The quantitative estimate of drug-likeness (QED) is 0.202. The molecule has 0 saturated heterocycles. The van der Waals surface area contributed by atoms with E-state index in [9.17, 15) is 0 Å². The molecule has 3 nitrogen and oxygen atoms in total. The predicted molar refractivity (Wildman–Crippen MR) is 195 cm³/mol. The minimum atomic E-state index is 0.721. The molecule has 9 aromatic rings. The first kappa shape index (κ1) is 26.0. The fourth-order valence-corrected chi connectivity index (χ4v) is 7.54. The van der Waals surface area contributed by atoms with Gasteiger partial charge in [-0.25, -0.2) is 9.97 Å². The molecule has 1 aliphatic rings. The van der Waals surface area contributed by atoms with Crippen LogP contribution in [0.2, 0.25) is 0 Å². The fourth-order valence-electron chi connectivity index (χ4n) is 7.54. The molecule has 2 aromatic heterocycles. The Bertz CT molecular complexity index is 2660. The van der Waals surface area contributed by atoms with Gasteiger partial charge in [-0.05, 0) is 68.9 Å². The number of fused-ring (bicyclic) bond motifs is 7. The molecule has 0 unspecified atom stereocenters. The molecular weight excluding hydrogens is 571 g/mol. The van der Waals surface area contributed by atoms with Crippen molar-refractivity contribution in [1.29, 1.82) is 0 Å². The minimum Gasteiger partial charge on any atom is -0.309 e. The molecule has 2 heterocycles. The predicted octanol–water partition coefficient (Wildman–Crippen LogP) is 11.4. The van der Waals surface area contributed by atoms with Crippen LogP contribution in [0.1, 0.15) is 0 Å². The smallest absolute Gasteiger partial charge is 0.159 e. The van der Waals surface area contributed by atoms with Gasteiger partial charge >= 0.3 is 0 Å². The Balaban J connectivity index is 1.29. The summed E-state index contributed by atoms with van der Waals surface area (Å²) in [4.78, 5) is 10.1. The first-order valence-corrected chi connectivity index (χ1v) is 16.0. The zero-order valence-corrected chi connectivity index (χ0v) is 25.4. The van der Waals surface area contributed by atoms with Crippen molar-refractivity contribution in [2.24, 2.45) is 0 Å². The van der Waals surface area contributed by atoms with Crippen molar-refractivity contribution in [2.75, 3.05) is 0 Å².